The molecule has 1 fully saturated rings. The van der Waals surface area contributed by atoms with E-state index < -0.39 is 5.60 Å². The van der Waals surface area contributed by atoms with Crippen LogP contribution in [0.2, 0.25) is 0 Å². The lowest BCUT2D eigenvalue weighted by molar-refractivity contribution is 0.0311. The van der Waals surface area contributed by atoms with E-state index in [0.717, 1.165) is 16.9 Å². The standard InChI is InChI=1S/C17H19FN2O2S/c1-11-14(8-12-2-3-13(18)9-15(12)20-11)16(21)19-10-17(22)4-6-23-7-5-17/h2-3,8-9,22H,4-7,10H2,1H3,(H,19,21). The maximum atomic E-state index is 13.2. The van der Waals surface area contributed by atoms with Crippen molar-refractivity contribution >= 4 is 28.6 Å². The number of nitrogens with zero attached hydrogens (tertiary/aromatic N) is 1. The molecule has 0 aliphatic carbocycles. The smallest absolute Gasteiger partial charge is 0.253 e. The molecular formula is C17H19FN2O2S. The van der Waals surface area contributed by atoms with Gasteiger partial charge in [0.25, 0.3) is 5.91 Å². The number of hydrogen-bond acceptors (Lipinski definition) is 4. The van der Waals surface area contributed by atoms with Crippen molar-refractivity contribution in [1.29, 1.82) is 0 Å². The second kappa shape index (κ2) is 6.45. The summed E-state index contributed by atoms with van der Waals surface area (Å²) < 4.78 is 13.2. The van der Waals surface area contributed by atoms with Gasteiger partial charge in [-0.3, -0.25) is 9.78 Å². The van der Waals surface area contributed by atoms with Gasteiger partial charge >= 0.3 is 0 Å². The number of carbonyl (C=O) groups is 1. The van der Waals surface area contributed by atoms with E-state index in [9.17, 15) is 14.3 Å². The Morgan fingerprint density at radius 1 is 1.39 bits per heavy atom. The summed E-state index contributed by atoms with van der Waals surface area (Å²) in [6.45, 7) is 1.97. The SMILES string of the molecule is Cc1nc2cc(F)ccc2cc1C(=O)NCC1(O)CCSCC1. The molecule has 4 nitrogen and oxygen atoms in total. The number of fused-ring (bicyclic) bond motifs is 1. The van der Waals surface area contributed by atoms with Crippen molar-refractivity contribution in [2.24, 2.45) is 0 Å². The highest BCUT2D eigenvalue weighted by Gasteiger charge is 2.30. The van der Waals surface area contributed by atoms with Gasteiger partial charge in [-0.05, 0) is 49.5 Å². The van der Waals surface area contributed by atoms with E-state index in [1.165, 1.54) is 12.1 Å². The second-order valence-electron chi connectivity index (χ2n) is 5.98. The number of halogens is 1. The highest BCUT2D eigenvalue weighted by Crippen LogP contribution is 2.26. The molecule has 1 aromatic carbocycles. The maximum absolute atomic E-state index is 13.2. The van der Waals surface area contributed by atoms with Crippen molar-refractivity contribution in [2.45, 2.75) is 25.4 Å². The number of aromatic nitrogens is 1. The lowest BCUT2D eigenvalue weighted by Gasteiger charge is -2.31. The molecule has 2 N–H and O–H groups in total. The molecule has 0 unspecified atom stereocenters. The summed E-state index contributed by atoms with van der Waals surface area (Å²) in [5.74, 6) is 1.22. The minimum Gasteiger partial charge on any atom is -0.388 e. The van der Waals surface area contributed by atoms with Crippen LogP contribution in [-0.2, 0) is 0 Å². The van der Waals surface area contributed by atoms with Crippen LogP contribution in [0.5, 0.6) is 0 Å². The lowest BCUT2D eigenvalue weighted by Crippen LogP contribution is -2.45. The third kappa shape index (κ3) is 3.64. The van der Waals surface area contributed by atoms with Gasteiger partial charge in [0.15, 0.2) is 0 Å². The van der Waals surface area contributed by atoms with Crippen LogP contribution in [0.4, 0.5) is 4.39 Å². The van der Waals surface area contributed by atoms with Crippen molar-refractivity contribution in [1.82, 2.24) is 10.3 Å². The third-order valence-corrected chi connectivity index (χ3v) is 5.20. The topological polar surface area (TPSA) is 62.2 Å². The fraction of sp³-hybridized carbons (Fsp3) is 0.412. The molecule has 23 heavy (non-hydrogen) atoms. The zero-order valence-corrected chi connectivity index (χ0v) is 13.8. The van der Waals surface area contributed by atoms with Crippen LogP contribution < -0.4 is 5.32 Å². The summed E-state index contributed by atoms with van der Waals surface area (Å²) >= 11 is 1.82. The molecule has 1 aliphatic rings. The van der Waals surface area contributed by atoms with E-state index in [1.54, 1.807) is 19.1 Å². The third-order valence-electron chi connectivity index (χ3n) is 4.22. The highest BCUT2D eigenvalue weighted by molar-refractivity contribution is 7.99. The molecule has 0 atom stereocenters. The first-order chi connectivity index (χ1) is 11.0. The van der Waals surface area contributed by atoms with Crippen LogP contribution >= 0.6 is 11.8 Å². The number of aryl methyl sites for hydroxylation is 1. The summed E-state index contributed by atoms with van der Waals surface area (Å²) in [5, 5.41) is 14.0. The van der Waals surface area contributed by atoms with Crippen molar-refractivity contribution in [3.8, 4) is 0 Å². The van der Waals surface area contributed by atoms with E-state index >= 15 is 0 Å². The number of hydrogen-bond donors (Lipinski definition) is 2. The van der Waals surface area contributed by atoms with Crippen LogP contribution in [0.1, 0.15) is 28.9 Å². The summed E-state index contributed by atoms with van der Waals surface area (Å²) in [6, 6.07) is 6.03. The van der Waals surface area contributed by atoms with Gasteiger partial charge in [0.2, 0.25) is 0 Å². The Balaban J connectivity index is 1.77. The Morgan fingerprint density at radius 2 is 2.13 bits per heavy atom. The van der Waals surface area contributed by atoms with Crippen molar-refractivity contribution < 1.29 is 14.3 Å². The van der Waals surface area contributed by atoms with Gasteiger partial charge in [-0.25, -0.2) is 4.39 Å². The van der Waals surface area contributed by atoms with Crippen molar-refractivity contribution in [3.05, 3.63) is 41.3 Å². The van der Waals surface area contributed by atoms with Crippen molar-refractivity contribution in [2.75, 3.05) is 18.1 Å². The number of pyridine rings is 1. The Labute approximate surface area is 138 Å². The van der Waals surface area contributed by atoms with Gasteiger partial charge in [-0.1, -0.05) is 0 Å². The molecule has 1 aromatic heterocycles. The predicted molar refractivity (Wildman–Crippen MR) is 90.3 cm³/mol. The number of carbonyl (C=O) groups excluding carboxylic acids is 1. The van der Waals surface area contributed by atoms with Gasteiger partial charge in [-0.2, -0.15) is 11.8 Å². The van der Waals surface area contributed by atoms with E-state index in [0.29, 0.717) is 29.6 Å². The van der Waals surface area contributed by atoms with E-state index in [1.807, 2.05) is 11.8 Å². The molecule has 1 saturated heterocycles. The lowest BCUT2D eigenvalue weighted by atomic mass is 9.96. The summed E-state index contributed by atoms with van der Waals surface area (Å²) in [6.07, 6.45) is 1.37. The summed E-state index contributed by atoms with van der Waals surface area (Å²) in [7, 11) is 0. The Hall–Kier alpha value is -1.66. The summed E-state index contributed by atoms with van der Waals surface area (Å²) in [4.78, 5) is 16.7. The van der Waals surface area contributed by atoms with Gasteiger partial charge in [-0.15, -0.1) is 0 Å². The maximum Gasteiger partial charge on any atom is 0.253 e. The molecule has 6 heteroatoms. The highest BCUT2D eigenvalue weighted by atomic mass is 32.2. The number of benzene rings is 1. The number of nitrogens with one attached hydrogen (secondary N) is 1. The van der Waals surface area contributed by atoms with Gasteiger partial charge in [0.05, 0.1) is 22.4 Å². The Morgan fingerprint density at radius 3 is 2.87 bits per heavy atom. The molecule has 0 bridgehead atoms. The van der Waals surface area contributed by atoms with Gasteiger partial charge < -0.3 is 10.4 Å². The summed E-state index contributed by atoms with van der Waals surface area (Å²) in [5.41, 5.74) is 0.717. The molecule has 3 rings (SSSR count). The molecular weight excluding hydrogens is 315 g/mol. The number of rotatable bonds is 3. The first kappa shape index (κ1) is 16.2. The average Bonchev–Trinajstić information content (AvgIpc) is 2.52. The first-order valence-electron chi connectivity index (χ1n) is 7.62. The number of aliphatic hydroxyl groups is 1. The van der Waals surface area contributed by atoms with Crippen LogP contribution in [-0.4, -0.2) is 39.6 Å². The van der Waals surface area contributed by atoms with E-state index in [-0.39, 0.29) is 18.3 Å². The first-order valence-corrected chi connectivity index (χ1v) is 8.78. The molecule has 1 amide bonds. The quantitative estimate of drug-likeness (QED) is 0.906. The van der Waals surface area contributed by atoms with Crippen molar-refractivity contribution in [3.63, 3.8) is 0 Å². The van der Waals surface area contributed by atoms with E-state index in [2.05, 4.69) is 10.3 Å². The van der Waals surface area contributed by atoms with Gasteiger partial charge in [0, 0.05) is 18.0 Å². The second-order valence-corrected chi connectivity index (χ2v) is 7.20. The Bertz CT molecular complexity index is 745. The van der Waals surface area contributed by atoms with Gasteiger partial charge in [0.1, 0.15) is 5.82 Å². The molecule has 0 spiro atoms. The minimum atomic E-state index is -0.817. The molecule has 0 radical (unpaired) electrons. The molecule has 2 aromatic rings. The molecule has 1 aliphatic heterocycles. The normalized spacial score (nSPS) is 17.2. The fourth-order valence-corrected chi connectivity index (χ4v) is 3.99. The number of thioether (sulfide) groups is 1. The minimum absolute atomic E-state index is 0.243. The molecule has 0 saturated carbocycles. The zero-order valence-electron chi connectivity index (χ0n) is 12.9. The molecule has 2 heterocycles. The van der Waals surface area contributed by atoms with Crippen LogP contribution in [0.3, 0.4) is 0 Å². The predicted octanol–water partition coefficient (Wildman–Crippen LogP) is 2.67. The van der Waals surface area contributed by atoms with Crippen LogP contribution in [0.15, 0.2) is 24.3 Å². The largest absolute Gasteiger partial charge is 0.388 e. The number of amides is 1. The fourth-order valence-electron chi connectivity index (χ4n) is 2.73. The average molecular weight is 334 g/mol. The van der Waals surface area contributed by atoms with E-state index in [4.69, 9.17) is 0 Å². The molecule has 122 valence electrons. The zero-order chi connectivity index (χ0) is 16.4. The van der Waals surface area contributed by atoms with Crippen LogP contribution in [0.25, 0.3) is 10.9 Å². The monoisotopic (exact) mass is 334 g/mol. The Kier molecular flexibility index (Phi) is 4.55. The van der Waals surface area contributed by atoms with Crippen LogP contribution in [0, 0.1) is 12.7 Å².